The van der Waals surface area contributed by atoms with E-state index in [9.17, 15) is 4.79 Å². The van der Waals surface area contributed by atoms with Crippen molar-refractivity contribution in [2.75, 3.05) is 0 Å². The standard InChI is InChI=1S/C17H10Br2N4OS/c18-9-5-11-15(12(19)6-9)22-14(23-16(11)24)7-25-17-10-3-1-2-4-13(10)20-8-21-17/h1-6,8H,7H2,(H,22,23,24). The highest BCUT2D eigenvalue weighted by Crippen LogP contribution is 2.28. The molecule has 0 atom stereocenters. The molecule has 25 heavy (non-hydrogen) atoms. The molecule has 0 radical (unpaired) electrons. The Bertz CT molecular complexity index is 1160. The zero-order valence-corrected chi connectivity index (χ0v) is 16.7. The third-order valence-corrected chi connectivity index (χ3v) is 5.71. The molecule has 2 heterocycles. The molecule has 5 nitrogen and oxygen atoms in total. The quantitative estimate of drug-likeness (QED) is 0.342. The molecule has 2 aromatic carbocycles. The maximum Gasteiger partial charge on any atom is 0.258 e. The summed E-state index contributed by atoms with van der Waals surface area (Å²) < 4.78 is 1.61. The molecule has 0 aliphatic heterocycles. The zero-order chi connectivity index (χ0) is 17.4. The smallest absolute Gasteiger partial charge is 0.258 e. The van der Waals surface area contributed by atoms with Gasteiger partial charge in [-0.1, -0.05) is 45.9 Å². The predicted molar refractivity (Wildman–Crippen MR) is 107 cm³/mol. The van der Waals surface area contributed by atoms with Crippen molar-refractivity contribution in [3.05, 3.63) is 67.8 Å². The molecule has 0 aliphatic carbocycles. The molecule has 0 amide bonds. The van der Waals surface area contributed by atoms with Crippen molar-refractivity contribution in [2.45, 2.75) is 10.8 Å². The average molecular weight is 478 g/mol. The second kappa shape index (κ2) is 6.86. The van der Waals surface area contributed by atoms with Crippen LogP contribution in [0.5, 0.6) is 0 Å². The molecule has 8 heteroatoms. The highest BCUT2D eigenvalue weighted by Gasteiger charge is 2.10. The molecule has 1 N–H and O–H groups in total. The van der Waals surface area contributed by atoms with Gasteiger partial charge in [-0.3, -0.25) is 4.79 Å². The lowest BCUT2D eigenvalue weighted by Crippen LogP contribution is -2.11. The Hall–Kier alpha value is -1.77. The van der Waals surface area contributed by atoms with Crippen LogP contribution in [-0.4, -0.2) is 19.9 Å². The van der Waals surface area contributed by atoms with E-state index in [0.717, 1.165) is 24.9 Å². The Kier molecular flexibility index (Phi) is 4.58. The molecule has 2 aromatic heterocycles. The van der Waals surface area contributed by atoms with E-state index in [1.54, 1.807) is 12.4 Å². The van der Waals surface area contributed by atoms with Crippen LogP contribution in [0.3, 0.4) is 0 Å². The van der Waals surface area contributed by atoms with Crippen LogP contribution >= 0.6 is 43.6 Å². The van der Waals surface area contributed by atoms with Crippen LogP contribution in [-0.2, 0) is 5.75 Å². The van der Waals surface area contributed by atoms with Gasteiger partial charge in [-0.15, -0.1) is 0 Å². The molecule has 124 valence electrons. The molecule has 4 aromatic rings. The summed E-state index contributed by atoms with van der Waals surface area (Å²) in [6.07, 6.45) is 1.55. The van der Waals surface area contributed by atoms with Crippen LogP contribution in [0.25, 0.3) is 21.8 Å². The second-order valence-corrected chi connectivity index (χ2v) is 8.02. The highest BCUT2D eigenvalue weighted by molar-refractivity contribution is 9.11. The molecule has 0 bridgehead atoms. The minimum atomic E-state index is -0.157. The van der Waals surface area contributed by atoms with Gasteiger partial charge in [0.25, 0.3) is 5.56 Å². The summed E-state index contributed by atoms with van der Waals surface area (Å²) in [4.78, 5) is 28.4. The minimum Gasteiger partial charge on any atom is -0.309 e. The van der Waals surface area contributed by atoms with Crippen molar-refractivity contribution in [1.82, 2.24) is 19.9 Å². The van der Waals surface area contributed by atoms with E-state index in [1.807, 2.05) is 30.3 Å². The highest BCUT2D eigenvalue weighted by atomic mass is 79.9. The summed E-state index contributed by atoms with van der Waals surface area (Å²) in [6, 6.07) is 11.5. The molecule has 0 saturated heterocycles. The first-order chi connectivity index (χ1) is 12.1. The van der Waals surface area contributed by atoms with E-state index >= 15 is 0 Å². The van der Waals surface area contributed by atoms with Crippen molar-refractivity contribution >= 4 is 65.4 Å². The number of thioether (sulfide) groups is 1. The first-order valence-corrected chi connectivity index (χ1v) is 9.89. The fourth-order valence-corrected chi connectivity index (χ4v) is 4.69. The number of halogens is 2. The Labute approximate surface area is 163 Å². The van der Waals surface area contributed by atoms with Crippen LogP contribution in [0, 0.1) is 0 Å². The third-order valence-electron chi connectivity index (χ3n) is 3.63. The number of hydrogen-bond donors (Lipinski definition) is 1. The molecule has 0 fully saturated rings. The average Bonchev–Trinajstić information content (AvgIpc) is 2.61. The zero-order valence-electron chi connectivity index (χ0n) is 12.7. The lowest BCUT2D eigenvalue weighted by Gasteiger charge is -2.06. The van der Waals surface area contributed by atoms with Gasteiger partial charge in [0.1, 0.15) is 17.2 Å². The summed E-state index contributed by atoms with van der Waals surface area (Å²) in [6.45, 7) is 0. The van der Waals surface area contributed by atoms with E-state index in [4.69, 9.17) is 0 Å². The first kappa shape index (κ1) is 16.7. The Morgan fingerprint density at radius 2 is 1.92 bits per heavy atom. The molecular weight excluding hydrogens is 468 g/mol. The number of benzene rings is 2. The van der Waals surface area contributed by atoms with Gasteiger partial charge >= 0.3 is 0 Å². The van der Waals surface area contributed by atoms with Gasteiger partial charge in [0.15, 0.2) is 0 Å². The summed E-state index contributed by atoms with van der Waals surface area (Å²) in [5.74, 6) is 1.11. The number of nitrogens with zero attached hydrogens (tertiary/aromatic N) is 3. The number of rotatable bonds is 3. The molecule has 0 aliphatic rings. The SMILES string of the molecule is O=c1[nH]c(CSc2ncnc3ccccc23)nc2c(Br)cc(Br)cc12. The fraction of sp³-hybridized carbons (Fsp3) is 0.0588. The largest absolute Gasteiger partial charge is 0.309 e. The summed E-state index contributed by atoms with van der Waals surface area (Å²) >= 11 is 8.38. The van der Waals surface area contributed by atoms with Crippen molar-refractivity contribution in [3.8, 4) is 0 Å². The monoisotopic (exact) mass is 476 g/mol. The summed E-state index contributed by atoms with van der Waals surface area (Å²) in [5.41, 5.74) is 1.39. The van der Waals surface area contributed by atoms with Crippen LogP contribution in [0.4, 0.5) is 0 Å². The Balaban J connectivity index is 1.70. The van der Waals surface area contributed by atoms with Gasteiger partial charge in [-0.2, -0.15) is 0 Å². The van der Waals surface area contributed by atoms with Crippen LogP contribution in [0.1, 0.15) is 5.82 Å². The number of para-hydroxylation sites is 1. The Morgan fingerprint density at radius 1 is 1.08 bits per heavy atom. The normalized spacial score (nSPS) is 11.3. The van der Waals surface area contributed by atoms with E-state index < -0.39 is 0 Å². The number of hydrogen-bond acceptors (Lipinski definition) is 5. The summed E-state index contributed by atoms with van der Waals surface area (Å²) in [5, 5.41) is 2.40. The molecular formula is C17H10Br2N4OS. The number of fused-ring (bicyclic) bond motifs is 2. The van der Waals surface area contributed by atoms with E-state index in [1.165, 1.54) is 11.8 Å². The third kappa shape index (κ3) is 3.33. The van der Waals surface area contributed by atoms with Crippen LogP contribution in [0.2, 0.25) is 0 Å². The second-order valence-electron chi connectivity index (χ2n) is 5.28. The lowest BCUT2D eigenvalue weighted by molar-refractivity contribution is 1.03. The fourth-order valence-electron chi connectivity index (χ4n) is 2.51. The van der Waals surface area contributed by atoms with Crippen molar-refractivity contribution in [3.63, 3.8) is 0 Å². The topological polar surface area (TPSA) is 71.5 Å². The van der Waals surface area contributed by atoms with Crippen molar-refractivity contribution in [1.29, 1.82) is 0 Å². The van der Waals surface area contributed by atoms with E-state index in [2.05, 4.69) is 51.8 Å². The van der Waals surface area contributed by atoms with Gasteiger partial charge in [0.05, 0.1) is 22.2 Å². The number of H-pyrrole nitrogens is 1. The first-order valence-electron chi connectivity index (χ1n) is 7.32. The van der Waals surface area contributed by atoms with E-state index in [-0.39, 0.29) is 5.56 Å². The lowest BCUT2D eigenvalue weighted by atomic mass is 10.2. The van der Waals surface area contributed by atoms with Gasteiger partial charge in [-0.25, -0.2) is 15.0 Å². The van der Waals surface area contributed by atoms with Crippen molar-refractivity contribution in [2.24, 2.45) is 0 Å². The van der Waals surface area contributed by atoms with Gasteiger partial charge in [0, 0.05) is 14.3 Å². The maximum atomic E-state index is 12.4. The summed E-state index contributed by atoms with van der Waals surface area (Å²) in [7, 11) is 0. The molecule has 0 spiro atoms. The van der Waals surface area contributed by atoms with Crippen molar-refractivity contribution < 1.29 is 0 Å². The Morgan fingerprint density at radius 3 is 2.80 bits per heavy atom. The minimum absolute atomic E-state index is 0.157. The predicted octanol–water partition coefficient (Wildman–Crippen LogP) is 4.68. The van der Waals surface area contributed by atoms with Crippen LogP contribution < -0.4 is 5.56 Å². The maximum absolute atomic E-state index is 12.4. The number of aromatic amines is 1. The molecule has 0 saturated carbocycles. The van der Waals surface area contributed by atoms with Crippen LogP contribution in [0.15, 0.2) is 61.5 Å². The number of aromatic nitrogens is 4. The van der Waals surface area contributed by atoms with Gasteiger partial charge in [0.2, 0.25) is 0 Å². The van der Waals surface area contributed by atoms with E-state index in [0.29, 0.717) is 22.5 Å². The number of nitrogens with one attached hydrogen (secondary N) is 1. The molecule has 4 rings (SSSR count). The molecule has 0 unspecified atom stereocenters. The van der Waals surface area contributed by atoms with Gasteiger partial charge in [-0.05, 0) is 34.1 Å². The van der Waals surface area contributed by atoms with Gasteiger partial charge < -0.3 is 4.98 Å².